The van der Waals surface area contributed by atoms with Crippen molar-refractivity contribution in [2.24, 2.45) is 0 Å². The standard InChI is InChI=1S/C28H31IN4O6/c1-3-28(36)21-11-25(34)33(13-17(21)16-39-27(28)35)15-20-19(14-32-6-4-31(2)5-7-32)18-10-23-24(38-9-8-37-23)12-22(18)30-26(20)29/h10-13,36H,3-9,14-16H2,1-2H3/t28-/m0/s1. The van der Waals surface area contributed by atoms with E-state index in [-0.39, 0.29) is 18.6 Å². The topological polar surface area (TPSA) is 106 Å². The van der Waals surface area contributed by atoms with Gasteiger partial charge in [-0.05, 0) is 47.7 Å². The first kappa shape index (κ1) is 26.5. The lowest BCUT2D eigenvalue weighted by Crippen LogP contribution is -2.44. The van der Waals surface area contributed by atoms with Gasteiger partial charge in [0, 0.05) is 73.1 Å². The van der Waals surface area contributed by atoms with Gasteiger partial charge in [0.05, 0.1) is 12.1 Å². The first-order chi connectivity index (χ1) is 18.8. The Morgan fingerprint density at radius 1 is 1.00 bits per heavy atom. The summed E-state index contributed by atoms with van der Waals surface area (Å²) in [6, 6.07) is 5.33. The fourth-order valence-corrected chi connectivity index (χ4v) is 6.32. The van der Waals surface area contributed by atoms with E-state index in [1.54, 1.807) is 17.7 Å². The normalized spacial score (nSPS) is 21.6. The molecule has 3 aliphatic rings. The molecule has 2 aromatic heterocycles. The molecule has 206 valence electrons. The second-order valence-corrected chi connectivity index (χ2v) is 11.4. The molecule has 0 amide bonds. The van der Waals surface area contributed by atoms with Gasteiger partial charge in [-0.2, -0.15) is 0 Å². The molecule has 1 fully saturated rings. The van der Waals surface area contributed by atoms with Gasteiger partial charge in [0.25, 0.3) is 5.56 Å². The molecule has 3 aliphatic heterocycles. The van der Waals surface area contributed by atoms with E-state index < -0.39 is 11.6 Å². The number of ether oxygens (including phenoxy) is 3. The number of esters is 1. The van der Waals surface area contributed by atoms with E-state index in [9.17, 15) is 14.7 Å². The number of nitrogens with zero attached hydrogens (tertiary/aromatic N) is 4. The van der Waals surface area contributed by atoms with Crippen LogP contribution in [0.4, 0.5) is 0 Å². The van der Waals surface area contributed by atoms with E-state index in [1.165, 1.54) is 6.07 Å². The monoisotopic (exact) mass is 646 g/mol. The highest BCUT2D eigenvalue weighted by Gasteiger charge is 2.43. The molecule has 6 rings (SSSR count). The molecule has 5 heterocycles. The Labute approximate surface area is 239 Å². The van der Waals surface area contributed by atoms with Gasteiger partial charge in [-0.25, -0.2) is 9.78 Å². The molecule has 1 atom stereocenters. The van der Waals surface area contributed by atoms with Crippen molar-refractivity contribution in [3.05, 3.63) is 60.7 Å². The van der Waals surface area contributed by atoms with Gasteiger partial charge in [0.1, 0.15) is 23.5 Å². The zero-order valence-electron chi connectivity index (χ0n) is 22.0. The molecular weight excluding hydrogens is 615 g/mol. The van der Waals surface area contributed by atoms with Crippen LogP contribution in [0, 0.1) is 3.70 Å². The van der Waals surface area contributed by atoms with Crippen LogP contribution in [0.25, 0.3) is 10.9 Å². The largest absolute Gasteiger partial charge is 0.486 e. The van der Waals surface area contributed by atoms with Crippen LogP contribution >= 0.6 is 22.6 Å². The molecule has 11 heteroatoms. The summed E-state index contributed by atoms with van der Waals surface area (Å²) in [5.74, 6) is 0.681. The molecule has 3 aromatic rings. The summed E-state index contributed by atoms with van der Waals surface area (Å²) in [5, 5.41) is 11.9. The van der Waals surface area contributed by atoms with Gasteiger partial charge in [-0.15, -0.1) is 0 Å². The molecule has 1 saturated heterocycles. The second-order valence-electron chi connectivity index (χ2n) is 10.4. The number of likely N-dealkylation sites (N-methyl/N-ethyl adjacent to an activating group) is 1. The number of halogens is 1. The van der Waals surface area contributed by atoms with Crippen LogP contribution in [0.15, 0.2) is 29.2 Å². The van der Waals surface area contributed by atoms with Crippen molar-refractivity contribution in [3.8, 4) is 11.5 Å². The van der Waals surface area contributed by atoms with Crippen LogP contribution in [-0.2, 0) is 34.8 Å². The number of aliphatic hydroxyl groups is 1. The van der Waals surface area contributed by atoms with Gasteiger partial charge in [0.15, 0.2) is 17.1 Å². The quantitative estimate of drug-likeness (QED) is 0.254. The molecule has 1 aromatic carbocycles. The lowest BCUT2D eigenvalue weighted by molar-refractivity contribution is -0.172. The van der Waals surface area contributed by atoms with Crippen molar-refractivity contribution < 1.29 is 24.1 Å². The predicted molar refractivity (Wildman–Crippen MR) is 152 cm³/mol. The first-order valence-electron chi connectivity index (χ1n) is 13.2. The average molecular weight is 646 g/mol. The minimum atomic E-state index is -1.81. The number of cyclic esters (lactones) is 1. The maximum atomic E-state index is 13.3. The third-order valence-electron chi connectivity index (χ3n) is 7.99. The summed E-state index contributed by atoms with van der Waals surface area (Å²) in [7, 11) is 2.14. The van der Waals surface area contributed by atoms with Crippen LogP contribution in [0.1, 0.15) is 35.6 Å². The lowest BCUT2D eigenvalue weighted by Gasteiger charge is -2.33. The van der Waals surface area contributed by atoms with Crippen molar-refractivity contribution in [1.29, 1.82) is 0 Å². The van der Waals surface area contributed by atoms with E-state index in [1.807, 2.05) is 12.1 Å². The maximum Gasteiger partial charge on any atom is 0.343 e. The molecule has 0 radical (unpaired) electrons. The number of hydrogen-bond donors (Lipinski definition) is 1. The van der Waals surface area contributed by atoms with Crippen LogP contribution in [-0.4, -0.2) is 76.9 Å². The van der Waals surface area contributed by atoms with E-state index in [0.717, 1.165) is 51.9 Å². The fraction of sp³-hybridized carbons (Fsp3) is 0.464. The van der Waals surface area contributed by atoms with Crippen molar-refractivity contribution in [2.75, 3.05) is 46.4 Å². The minimum absolute atomic E-state index is 0.0153. The Hall–Kier alpha value is -2.74. The maximum absolute atomic E-state index is 13.3. The molecule has 0 bridgehead atoms. The number of pyridine rings is 2. The molecule has 0 aliphatic carbocycles. The number of piperazine rings is 1. The summed E-state index contributed by atoms with van der Waals surface area (Å²) in [6.45, 7) is 7.60. The predicted octanol–water partition coefficient (Wildman–Crippen LogP) is 2.22. The van der Waals surface area contributed by atoms with E-state index >= 15 is 0 Å². The highest BCUT2D eigenvalue weighted by atomic mass is 127. The molecule has 1 N–H and O–H groups in total. The lowest BCUT2D eigenvalue weighted by atomic mass is 9.87. The Morgan fingerprint density at radius 2 is 1.72 bits per heavy atom. The zero-order chi connectivity index (χ0) is 27.3. The molecule has 10 nitrogen and oxygen atoms in total. The second kappa shape index (κ2) is 10.3. The van der Waals surface area contributed by atoms with Crippen molar-refractivity contribution in [3.63, 3.8) is 0 Å². The zero-order valence-corrected chi connectivity index (χ0v) is 24.2. The summed E-state index contributed by atoms with van der Waals surface area (Å²) < 4.78 is 19.4. The van der Waals surface area contributed by atoms with E-state index in [0.29, 0.717) is 48.9 Å². The van der Waals surface area contributed by atoms with Crippen LogP contribution in [0.3, 0.4) is 0 Å². The Bertz CT molecular complexity index is 1520. The van der Waals surface area contributed by atoms with Crippen molar-refractivity contribution in [1.82, 2.24) is 19.4 Å². The van der Waals surface area contributed by atoms with Gasteiger partial charge in [-0.3, -0.25) is 9.69 Å². The number of aromatic nitrogens is 2. The van der Waals surface area contributed by atoms with Crippen LogP contribution < -0.4 is 15.0 Å². The smallest absolute Gasteiger partial charge is 0.343 e. The Morgan fingerprint density at radius 3 is 2.44 bits per heavy atom. The van der Waals surface area contributed by atoms with Gasteiger partial charge in [-0.1, -0.05) is 6.92 Å². The molecule has 0 spiro atoms. The highest BCUT2D eigenvalue weighted by molar-refractivity contribution is 14.1. The van der Waals surface area contributed by atoms with E-state index in [4.69, 9.17) is 19.2 Å². The summed E-state index contributed by atoms with van der Waals surface area (Å²) in [4.78, 5) is 35.3. The molecule has 0 unspecified atom stereocenters. The number of carbonyl (C=O) groups is 1. The minimum Gasteiger partial charge on any atom is -0.486 e. The SMILES string of the molecule is CC[C@@]1(O)C(=O)OCc2cn(Cc3c(I)nc4cc5c(cc4c3CN3CCN(C)CC3)OCCO5)c(=O)cc21. The number of fused-ring (bicyclic) bond motifs is 3. The van der Waals surface area contributed by atoms with Crippen LogP contribution in [0.5, 0.6) is 11.5 Å². The number of rotatable bonds is 5. The number of carbonyl (C=O) groups excluding carboxylic acids is 1. The third-order valence-corrected chi connectivity index (χ3v) is 8.88. The highest BCUT2D eigenvalue weighted by Crippen LogP contribution is 2.38. The van der Waals surface area contributed by atoms with Gasteiger partial charge in [0.2, 0.25) is 0 Å². The number of benzene rings is 1. The molecular formula is C28H31IN4O6. The van der Waals surface area contributed by atoms with E-state index in [2.05, 4.69) is 39.4 Å². The fourth-order valence-electron chi connectivity index (χ4n) is 5.57. The summed E-state index contributed by atoms with van der Waals surface area (Å²) in [5.41, 5.74) is 1.75. The first-order valence-corrected chi connectivity index (χ1v) is 14.3. The summed E-state index contributed by atoms with van der Waals surface area (Å²) in [6.07, 6.45) is 1.83. The average Bonchev–Trinajstić information content (AvgIpc) is 2.93. The van der Waals surface area contributed by atoms with Gasteiger partial charge < -0.3 is 28.8 Å². The third kappa shape index (κ3) is 4.79. The van der Waals surface area contributed by atoms with Crippen LogP contribution in [0.2, 0.25) is 0 Å². The van der Waals surface area contributed by atoms with Crippen molar-refractivity contribution >= 4 is 39.5 Å². The van der Waals surface area contributed by atoms with Crippen molar-refractivity contribution in [2.45, 2.75) is 38.6 Å². The molecule has 39 heavy (non-hydrogen) atoms. The summed E-state index contributed by atoms with van der Waals surface area (Å²) >= 11 is 2.25. The Balaban J connectivity index is 1.46. The Kier molecular flexibility index (Phi) is 7.02. The molecule has 0 saturated carbocycles. The van der Waals surface area contributed by atoms with Gasteiger partial charge >= 0.3 is 5.97 Å². The number of hydrogen-bond acceptors (Lipinski definition) is 9.